The molecule has 108 valence electrons. The summed E-state index contributed by atoms with van der Waals surface area (Å²) >= 11 is 0. The molecule has 0 heterocycles. The van der Waals surface area contributed by atoms with Gasteiger partial charge in [-0.2, -0.15) is 0 Å². The maximum absolute atomic E-state index is 11.0. The van der Waals surface area contributed by atoms with Crippen LogP contribution in [0.4, 0.5) is 0 Å². The van der Waals surface area contributed by atoms with E-state index in [1.807, 2.05) is 13.8 Å². The highest BCUT2D eigenvalue weighted by molar-refractivity contribution is 5.98. The molecule has 0 spiro atoms. The van der Waals surface area contributed by atoms with Gasteiger partial charge in [-0.25, -0.2) is 4.79 Å². The van der Waals surface area contributed by atoms with Crippen LogP contribution in [0, 0.1) is 0 Å². The predicted molar refractivity (Wildman–Crippen MR) is 71.3 cm³/mol. The summed E-state index contributed by atoms with van der Waals surface area (Å²) < 4.78 is 5.46. The summed E-state index contributed by atoms with van der Waals surface area (Å²) in [6.07, 6.45) is -0.707. The fourth-order valence-electron chi connectivity index (χ4n) is 1.28. The average Bonchev–Trinajstić information content (AvgIpc) is 2.35. The number of amidine groups is 1. The van der Waals surface area contributed by atoms with E-state index in [1.165, 1.54) is 0 Å². The van der Waals surface area contributed by atoms with E-state index >= 15 is 0 Å². The fourth-order valence-corrected chi connectivity index (χ4v) is 1.28. The molecule has 0 saturated heterocycles. The van der Waals surface area contributed by atoms with Gasteiger partial charge in [0.05, 0.1) is 6.10 Å². The number of rotatable bonds is 6. The van der Waals surface area contributed by atoms with E-state index in [4.69, 9.17) is 15.6 Å². The number of hydrogen-bond acceptors (Lipinski definition) is 5. The Morgan fingerprint density at radius 3 is 2.40 bits per heavy atom. The minimum atomic E-state index is -1.29. The third-order valence-corrected chi connectivity index (χ3v) is 2.06. The minimum Gasteiger partial charge on any atom is -0.491 e. The van der Waals surface area contributed by atoms with Crippen LogP contribution in [0.25, 0.3) is 0 Å². The number of aliphatic carboxylic acids is 1. The lowest BCUT2D eigenvalue weighted by molar-refractivity contribution is -0.151. The molecule has 0 aromatic heterocycles. The second-order valence-electron chi connectivity index (χ2n) is 4.20. The number of carbonyl (C=O) groups excluding carboxylic acids is 1. The topological polar surface area (TPSA) is 111 Å². The number of nitrogens with two attached hydrogens (primary N) is 1. The summed E-state index contributed by atoms with van der Waals surface area (Å²) in [5.74, 6) is -1.63. The van der Waals surface area contributed by atoms with Crippen molar-refractivity contribution in [3.05, 3.63) is 29.8 Å². The van der Waals surface area contributed by atoms with Crippen LogP contribution in [0.2, 0.25) is 0 Å². The van der Waals surface area contributed by atoms with Crippen LogP contribution in [0.5, 0.6) is 5.75 Å². The van der Waals surface area contributed by atoms with Crippen LogP contribution in [0.15, 0.2) is 29.4 Å². The van der Waals surface area contributed by atoms with Crippen LogP contribution in [-0.2, 0) is 14.4 Å². The first-order chi connectivity index (χ1) is 9.38. The molecule has 0 radical (unpaired) electrons. The second kappa shape index (κ2) is 7.13. The number of ether oxygens (including phenoxy) is 1. The Balaban J connectivity index is 2.64. The van der Waals surface area contributed by atoms with Gasteiger partial charge in [-0.3, -0.25) is 4.79 Å². The molecule has 3 N–H and O–H groups in total. The zero-order valence-corrected chi connectivity index (χ0v) is 11.2. The summed E-state index contributed by atoms with van der Waals surface area (Å²) in [6, 6.07) is 6.72. The highest BCUT2D eigenvalue weighted by Gasteiger charge is 2.09. The van der Waals surface area contributed by atoms with Gasteiger partial charge in [0.1, 0.15) is 12.2 Å². The van der Waals surface area contributed by atoms with Crippen LogP contribution < -0.4 is 10.5 Å². The van der Waals surface area contributed by atoms with Crippen molar-refractivity contribution in [1.29, 1.82) is 0 Å². The third-order valence-electron chi connectivity index (χ3n) is 2.06. The fraction of sp³-hybridized carbons (Fsp3) is 0.308. The number of nitrogens with zero attached hydrogens (tertiary/aromatic N) is 1. The van der Waals surface area contributed by atoms with Crippen LogP contribution in [0.1, 0.15) is 25.8 Å². The first-order valence-electron chi connectivity index (χ1n) is 5.90. The molecule has 0 aliphatic heterocycles. The van der Waals surface area contributed by atoms with Gasteiger partial charge in [-0.1, -0.05) is 5.16 Å². The molecule has 0 unspecified atom stereocenters. The van der Waals surface area contributed by atoms with Crippen LogP contribution in [0.3, 0.4) is 0 Å². The summed E-state index contributed by atoms with van der Waals surface area (Å²) in [6.45, 7) is 3.82. The first kappa shape index (κ1) is 15.5. The Hall–Kier alpha value is -2.57. The number of carbonyl (C=O) groups is 2. The van der Waals surface area contributed by atoms with Gasteiger partial charge in [0.25, 0.3) is 0 Å². The molecular formula is C13H16N2O5. The van der Waals surface area contributed by atoms with E-state index in [0.717, 1.165) is 0 Å². The van der Waals surface area contributed by atoms with Crippen molar-refractivity contribution in [3.63, 3.8) is 0 Å². The van der Waals surface area contributed by atoms with Gasteiger partial charge < -0.3 is 20.4 Å². The molecule has 7 heteroatoms. The third kappa shape index (κ3) is 5.38. The molecule has 1 aromatic rings. The predicted octanol–water partition coefficient (Wildman–Crippen LogP) is 1.11. The molecule has 0 amide bonds. The highest BCUT2D eigenvalue weighted by atomic mass is 16.7. The van der Waals surface area contributed by atoms with E-state index in [2.05, 4.69) is 9.99 Å². The Kier molecular flexibility index (Phi) is 5.52. The van der Waals surface area contributed by atoms with Crippen molar-refractivity contribution in [3.8, 4) is 5.75 Å². The van der Waals surface area contributed by atoms with Crippen molar-refractivity contribution in [2.75, 3.05) is 0 Å². The summed E-state index contributed by atoms with van der Waals surface area (Å²) in [4.78, 5) is 25.6. The first-order valence-corrected chi connectivity index (χ1v) is 5.90. The smallest absolute Gasteiger partial charge is 0.346 e. The van der Waals surface area contributed by atoms with Crippen molar-refractivity contribution in [2.45, 2.75) is 26.4 Å². The molecule has 20 heavy (non-hydrogen) atoms. The summed E-state index contributed by atoms with van der Waals surface area (Å²) in [7, 11) is 0. The Bertz CT molecular complexity index is 508. The number of carboxylic acids is 1. The van der Waals surface area contributed by atoms with Crippen molar-refractivity contribution >= 4 is 17.8 Å². The van der Waals surface area contributed by atoms with Crippen molar-refractivity contribution in [2.24, 2.45) is 10.9 Å². The van der Waals surface area contributed by atoms with E-state index < -0.39 is 18.4 Å². The zero-order chi connectivity index (χ0) is 15.1. The second-order valence-corrected chi connectivity index (χ2v) is 4.20. The quantitative estimate of drug-likeness (QED) is 0.265. The van der Waals surface area contributed by atoms with Crippen molar-refractivity contribution < 1.29 is 24.3 Å². The van der Waals surface area contributed by atoms with Crippen LogP contribution in [-0.4, -0.2) is 29.0 Å². The van der Waals surface area contributed by atoms with E-state index in [0.29, 0.717) is 11.3 Å². The Morgan fingerprint density at radius 1 is 1.30 bits per heavy atom. The molecule has 0 atom stereocenters. The average molecular weight is 280 g/mol. The molecule has 1 rings (SSSR count). The van der Waals surface area contributed by atoms with Gasteiger partial charge in [0, 0.05) is 5.56 Å². The van der Waals surface area contributed by atoms with Gasteiger partial charge in [0.15, 0.2) is 5.84 Å². The standard InChI is InChI=1S/C13H16N2O5/c1-8(2)19-10-5-3-9(4-6-10)13(14)15-20-12(18)7-11(16)17/h3-6,8H,7H2,1-2H3,(H2,14,15)(H,16,17). The SMILES string of the molecule is CC(C)Oc1ccc(C(N)=NOC(=O)CC(=O)O)cc1. The van der Waals surface area contributed by atoms with E-state index in [1.54, 1.807) is 24.3 Å². The molecule has 7 nitrogen and oxygen atoms in total. The number of carboxylic acid groups (broad SMARTS) is 1. The lowest BCUT2D eigenvalue weighted by Gasteiger charge is -2.09. The number of benzene rings is 1. The molecule has 0 aliphatic rings. The van der Waals surface area contributed by atoms with Crippen LogP contribution >= 0.6 is 0 Å². The number of hydrogen-bond donors (Lipinski definition) is 2. The van der Waals surface area contributed by atoms with Gasteiger partial charge in [-0.05, 0) is 38.1 Å². The lowest BCUT2D eigenvalue weighted by atomic mass is 10.2. The summed E-state index contributed by atoms with van der Waals surface area (Å²) in [5, 5.41) is 11.8. The molecule has 0 fully saturated rings. The maximum Gasteiger partial charge on any atom is 0.346 e. The van der Waals surface area contributed by atoms with Gasteiger partial charge >= 0.3 is 11.9 Å². The molecule has 0 bridgehead atoms. The molecule has 0 saturated carbocycles. The summed E-state index contributed by atoms with van der Waals surface area (Å²) in [5.41, 5.74) is 6.14. The molecular weight excluding hydrogens is 264 g/mol. The molecule has 0 aliphatic carbocycles. The zero-order valence-electron chi connectivity index (χ0n) is 11.2. The van der Waals surface area contributed by atoms with Gasteiger partial charge in [0.2, 0.25) is 0 Å². The van der Waals surface area contributed by atoms with E-state index in [9.17, 15) is 9.59 Å². The van der Waals surface area contributed by atoms with E-state index in [-0.39, 0.29) is 11.9 Å². The monoisotopic (exact) mass is 280 g/mol. The normalized spacial score (nSPS) is 11.2. The van der Waals surface area contributed by atoms with Gasteiger partial charge in [-0.15, -0.1) is 0 Å². The number of oxime groups is 1. The Morgan fingerprint density at radius 2 is 1.90 bits per heavy atom. The largest absolute Gasteiger partial charge is 0.491 e. The maximum atomic E-state index is 11.0. The van der Waals surface area contributed by atoms with Crippen molar-refractivity contribution in [1.82, 2.24) is 0 Å². The Labute approximate surface area is 116 Å². The highest BCUT2D eigenvalue weighted by Crippen LogP contribution is 2.13. The molecule has 1 aromatic carbocycles. The lowest BCUT2D eigenvalue weighted by Crippen LogP contribution is -2.16. The minimum absolute atomic E-state index is 0.0279.